The van der Waals surface area contributed by atoms with Gasteiger partial charge in [-0.3, -0.25) is 15.8 Å². The van der Waals surface area contributed by atoms with E-state index in [9.17, 15) is 9.59 Å². The molecule has 1 saturated heterocycles. The van der Waals surface area contributed by atoms with Crippen molar-refractivity contribution in [3.8, 4) is 6.07 Å². The third-order valence-corrected chi connectivity index (χ3v) is 3.49. The number of hydrogen-bond donors (Lipinski definition) is 3. The van der Waals surface area contributed by atoms with Crippen LogP contribution in [0.1, 0.15) is 5.56 Å². The second kappa shape index (κ2) is 7.23. The second-order valence-electron chi connectivity index (χ2n) is 5.21. The van der Waals surface area contributed by atoms with Crippen LogP contribution in [0.25, 0.3) is 0 Å². The number of benzene rings is 2. The maximum Gasteiger partial charge on any atom is 0.414 e. The van der Waals surface area contributed by atoms with Crippen LogP contribution in [-0.4, -0.2) is 25.3 Å². The van der Waals surface area contributed by atoms with Gasteiger partial charge in [-0.05, 0) is 36.4 Å². The summed E-state index contributed by atoms with van der Waals surface area (Å²) in [5.74, 6) is 0. The van der Waals surface area contributed by atoms with Gasteiger partial charge in [0.25, 0.3) is 0 Å². The molecule has 1 heterocycles. The average Bonchev–Trinajstić information content (AvgIpc) is 3.06. The topological polar surface area (TPSA) is 106 Å². The molecule has 1 aliphatic heterocycles. The Morgan fingerprint density at radius 1 is 1.16 bits per heavy atom. The number of anilines is 3. The Morgan fingerprint density at radius 2 is 1.96 bits per heavy atom. The lowest BCUT2D eigenvalue weighted by Gasteiger charge is -2.15. The normalized spacial score (nSPS) is 12.9. The Bertz CT molecular complexity index is 846. The van der Waals surface area contributed by atoms with Crippen molar-refractivity contribution in [2.45, 2.75) is 0 Å². The number of nitrogens with one attached hydrogen (secondary N) is 3. The number of nitrogens with zero attached hydrogens (tertiary/aromatic N) is 2. The third-order valence-electron chi connectivity index (χ3n) is 3.49. The zero-order chi connectivity index (χ0) is 17.6. The van der Waals surface area contributed by atoms with Crippen molar-refractivity contribution in [2.75, 3.05) is 28.8 Å². The van der Waals surface area contributed by atoms with E-state index in [-0.39, 0.29) is 0 Å². The first-order valence-electron chi connectivity index (χ1n) is 7.53. The van der Waals surface area contributed by atoms with Gasteiger partial charge in [0, 0.05) is 11.4 Å². The van der Waals surface area contributed by atoms with Crippen LogP contribution in [0.4, 0.5) is 26.7 Å². The van der Waals surface area contributed by atoms with Crippen LogP contribution in [-0.2, 0) is 4.74 Å². The molecule has 2 aromatic carbocycles. The summed E-state index contributed by atoms with van der Waals surface area (Å²) in [5, 5.41) is 11.5. The van der Waals surface area contributed by atoms with Crippen molar-refractivity contribution in [2.24, 2.45) is 0 Å². The number of carbonyl (C=O) groups excluding carboxylic acids is 2. The molecule has 8 heteroatoms. The first-order chi connectivity index (χ1) is 12.2. The van der Waals surface area contributed by atoms with Crippen LogP contribution in [0.15, 0.2) is 48.5 Å². The number of rotatable bonds is 4. The molecule has 3 amide bonds. The number of hydrogen-bond acceptors (Lipinski definition) is 5. The summed E-state index contributed by atoms with van der Waals surface area (Å²) < 4.78 is 4.90. The summed E-state index contributed by atoms with van der Waals surface area (Å²) in [6.45, 7) is 0.827. The maximum absolute atomic E-state index is 12.0. The molecular weight excluding hydrogens is 322 g/mol. The van der Waals surface area contributed by atoms with Crippen molar-refractivity contribution in [3.05, 3.63) is 54.1 Å². The molecule has 0 bridgehead atoms. The fourth-order valence-electron chi connectivity index (χ4n) is 2.34. The van der Waals surface area contributed by atoms with Crippen LogP contribution in [0, 0.1) is 11.3 Å². The molecule has 0 radical (unpaired) electrons. The summed E-state index contributed by atoms with van der Waals surface area (Å²) in [7, 11) is 0. The Morgan fingerprint density at radius 3 is 2.72 bits per heavy atom. The number of amides is 3. The number of urea groups is 1. The highest BCUT2D eigenvalue weighted by Gasteiger charge is 2.23. The molecule has 8 nitrogen and oxygen atoms in total. The van der Waals surface area contributed by atoms with Gasteiger partial charge in [-0.2, -0.15) is 5.26 Å². The zero-order valence-corrected chi connectivity index (χ0v) is 13.2. The molecule has 126 valence electrons. The first-order valence-corrected chi connectivity index (χ1v) is 7.53. The van der Waals surface area contributed by atoms with E-state index in [1.807, 2.05) is 6.07 Å². The fourth-order valence-corrected chi connectivity index (χ4v) is 2.34. The predicted octanol–water partition coefficient (Wildman–Crippen LogP) is 2.66. The van der Waals surface area contributed by atoms with Crippen molar-refractivity contribution >= 4 is 29.2 Å². The molecule has 0 atom stereocenters. The van der Waals surface area contributed by atoms with Crippen LogP contribution < -0.4 is 21.1 Å². The molecule has 25 heavy (non-hydrogen) atoms. The minimum atomic E-state index is -0.483. The van der Waals surface area contributed by atoms with Crippen molar-refractivity contribution < 1.29 is 14.3 Å². The molecule has 1 aliphatic rings. The SMILES string of the molecule is N#Cc1cccc(NNC(=O)Nc2cccc(N3CCOC3=O)c2)c1. The van der Waals surface area contributed by atoms with Crippen LogP contribution in [0.3, 0.4) is 0 Å². The lowest BCUT2D eigenvalue weighted by molar-refractivity contribution is 0.181. The van der Waals surface area contributed by atoms with E-state index >= 15 is 0 Å². The van der Waals surface area contributed by atoms with Gasteiger partial charge in [0.1, 0.15) is 6.61 Å². The van der Waals surface area contributed by atoms with Crippen LogP contribution in [0.5, 0.6) is 0 Å². The predicted molar refractivity (Wildman–Crippen MR) is 92.1 cm³/mol. The molecule has 0 aliphatic carbocycles. The van der Waals surface area contributed by atoms with Gasteiger partial charge in [0.2, 0.25) is 0 Å². The smallest absolute Gasteiger partial charge is 0.414 e. The zero-order valence-electron chi connectivity index (χ0n) is 13.2. The highest BCUT2D eigenvalue weighted by Crippen LogP contribution is 2.22. The molecule has 1 fully saturated rings. The maximum atomic E-state index is 12.0. The van der Waals surface area contributed by atoms with Crippen LogP contribution in [0.2, 0.25) is 0 Å². The van der Waals surface area contributed by atoms with Gasteiger partial charge in [0.15, 0.2) is 0 Å². The van der Waals surface area contributed by atoms with E-state index in [0.29, 0.717) is 35.8 Å². The standard InChI is InChI=1S/C17H15N5O3/c18-11-12-3-1-5-14(9-12)20-21-16(23)19-13-4-2-6-15(10-13)22-7-8-25-17(22)24/h1-6,9-10,20H,7-8H2,(H2,19,21,23). The summed E-state index contributed by atoms with van der Waals surface area (Å²) in [4.78, 5) is 25.1. The van der Waals surface area contributed by atoms with E-state index in [4.69, 9.17) is 10.00 Å². The van der Waals surface area contributed by atoms with Gasteiger partial charge in [0.05, 0.1) is 23.9 Å². The number of carbonyl (C=O) groups is 2. The molecule has 3 N–H and O–H groups in total. The average molecular weight is 337 g/mol. The molecule has 3 rings (SSSR count). The second-order valence-corrected chi connectivity index (χ2v) is 5.21. The first kappa shape index (κ1) is 16.1. The summed E-state index contributed by atoms with van der Waals surface area (Å²) in [6, 6.07) is 15.1. The largest absolute Gasteiger partial charge is 0.447 e. The Labute approximate surface area is 144 Å². The summed E-state index contributed by atoms with van der Waals surface area (Å²) in [5.41, 5.74) is 7.45. The summed E-state index contributed by atoms with van der Waals surface area (Å²) >= 11 is 0. The van der Waals surface area contributed by atoms with Gasteiger partial charge in [-0.1, -0.05) is 12.1 Å². The number of hydrazine groups is 1. The van der Waals surface area contributed by atoms with Crippen LogP contribution >= 0.6 is 0 Å². The highest BCUT2D eigenvalue weighted by atomic mass is 16.6. The highest BCUT2D eigenvalue weighted by molar-refractivity contribution is 5.93. The Balaban J connectivity index is 1.59. The molecule has 0 aromatic heterocycles. The lowest BCUT2D eigenvalue weighted by atomic mass is 10.2. The minimum Gasteiger partial charge on any atom is -0.447 e. The molecule has 0 saturated carbocycles. The Hall–Kier alpha value is -3.73. The molecule has 2 aromatic rings. The quantitative estimate of drug-likeness (QED) is 0.744. The van der Waals surface area contributed by atoms with E-state index in [0.717, 1.165) is 0 Å². The van der Waals surface area contributed by atoms with Gasteiger partial charge >= 0.3 is 12.1 Å². The molecular formula is C17H15N5O3. The lowest BCUT2D eigenvalue weighted by Crippen LogP contribution is -2.33. The third kappa shape index (κ3) is 3.97. The number of ether oxygens (including phenoxy) is 1. The number of nitriles is 1. The monoisotopic (exact) mass is 337 g/mol. The van der Waals surface area contributed by atoms with E-state index < -0.39 is 12.1 Å². The molecule has 0 unspecified atom stereocenters. The van der Waals surface area contributed by atoms with Crippen molar-refractivity contribution in [1.82, 2.24) is 5.43 Å². The number of cyclic esters (lactones) is 1. The van der Waals surface area contributed by atoms with Crippen molar-refractivity contribution in [3.63, 3.8) is 0 Å². The molecule has 0 spiro atoms. The summed E-state index contributed by atoms with van der Waals surface area (Å²) in [6.07, 6.45) is -0.402. The fraction of sp³-hybridized carbons (Fsp3) is 0.118. The van der Waals surface area contributed by atoms with E-state index in [2.05, 4.69) is 16.2 Å². The van der Waals surface area contributed by atoms with Gasteiger partial charge in [-0.15, -0.1) is 0 Å². The van der Waals surface area contributed by atoms with Crippen molar-refractivity contribution in [1.29, 1.82) is 5.26 Å². The Kier molecular flexibility index (Phi) is 4.67. The van der Waals surface area contributed by atoms with E-state index in [1.165, 1.54) is 4.90 Å². The minimum absolute atomic E-state index is 0.350. The van der Waals surface area contributed by atoms with Gasteiger partial charge < -0.3 is 10.1 Å². The van der Waals surface area contributed by atoms with E-state index in [1.54, 1.807) is 48.5 Å². The van der Waals surface area contributed by atoms with Gasteiger partial charge in [-0.25, -0.2) is 9.59 Å².